The van der Waals surface area contributed by atoms with Gasteiger partial charge >= 0.3 is 11.1 Å². The summed E-state index contributed by atoms with van der Waals surface area (Å²) in [6.07, 6.45) is 0.965. The number of aromatic amines is 2. The van der Waals surface area contributed by atoms with Crippen molar-refractivity contribution in [3.63, 3.8) is 0 Å². The van der Waals surface area contributed by atoms with Gasteiger partial charge in [-0.15, -0.1) is 0 Å². The Morgan fingerprint density at radius 2 is 1.78 bits per heavy atom. The maximum Gasteiger partial charge on any atom is 0.314 e. The van der Waals surface area contributed by atoms with Gasteiger partial charge in [0.2, 0.25) is 0 Å². The Kier molecular flexibility index (Phi) is 3.62. The molecule has 1 atom stereocenters. The predicted molar refractivity (Wildman–Crippen MR) is 71.9 cm³/mol. The third kappa shape index (κ3) is 2.36. The first-order chi connectivity index (χ1) is 8.65. The minimum atomic E-state index is -0.617. The molecule has 1 aromatic carbocycles. The average molecular weight is 247 g/mol. The molecule has 0 aliphatic carbocycles. The molecule has 1 aromatic heterocycles. The summed E-state index contributed by atoms with van der Waals surface area (Å²) >= 11 is 0. The van der Waals surface area contributed by atoms with Crippen LogP contribution in [-0.2, 0) is 0 Å². The Morgan fingerprint density at radius 1 is 1.11 bits per heavy atom. The van der Waals surface area contributed by atoms with Crippen LogP contribution < -0.4 is 16.4 Å². The van der Waals surface area contributed by atoms with Crippen LogP contribution in [0.5, 0.6) is 0 Å². The fraction of sp³-hybridized carbons (Fsp3) is 0.385. The van der Waals surface area contributed by atoms with E-state index >= 15 is 0 Å². The van der Waals surface area contributed by atoms with Crippen LogP contribution in [0.4, 0.5) is 0 Å². The van der Waals surface area contributed by atoms with Crippen molar-refractivity contribution in [2.75, 3.05) is 6.54 Å². The fourth-order valence-corrected chi connectivity index (χ4v) is 2.09. The number of hydrogen-bond acceptors (Lipinski definition) is 3. The molecule has 1 unspecified atom stereocenters. The molecule has 2 aromatic rings. The molecule has 5 nitrogen and oxygen atoms in total. The second-order valence-electron chi connectivity index (χ2n) is 4.23. The Bertz CT molecular complexity index is 657. The number of hydrogen-bond donors (Lipinski definition) is 3. The van der Waals surface area contributed by atoms with Crippen LogP contribution in [0.1, 0.15) is 31.9 Å². The average Bonchev–Trinajstić information content (AvgIpc) is 2.37. The Balaban J connectivity index is 2.52. The molecule has 1 heterocycles. The smallest absolute Gasteiger partial charge is 0.314 e. The second-order valence-corrected chi connectivity index (χ2v) is 4.23. The highest BCUT2D eigenvalue weighted by Crippen LogP contribution is 2.19. The Labute approximate surface area is 104 Å². The van der Waals surface area contributed by atoms with Crippen LogP contribution in [0.3, 0.4) is 0 Å². The van der Waals surface area contributed by atoms with E-state index in [0.717, 1.165) is 18.5 Å². The van der Waals surface area contributed by atoms with Gasteiger partial charge in [0.1, 0.15) is 0 Å². The standard InChI is InChI=1S/C13H17N3O2/c1-3-9(14-4-2)8-5-6-10-11(7-8)16-13(18)12(17)15-10/h5-7,9,14H,3-4H2,1-2H3,(H,15,17)(H,16,18). The van der Waals surface area contributed by atoms with Crippen LogP contribution in [0.2, 0.25) is 0 Å². The Morgan fingerprint density at radius 3 is 2.39 bits per heavy atom. The molecule has 0 saturated carbocycles. The van der Waals surface area contributed by atoms with Crippen LogP contribution >= 0.6 is 0 Å². The summed E-state index contributed by atoms with van der Waals surface area (Å²) in [7, 11) is 0. The molecule has 96 valence electrons. The fourth-order valence-electron chi connectivity index (χ4n) is 2.09. The largest absolute Gasteiger partial charge is 0.316 e. The van der Waals surface area contributed by atoms with Crippen LogP contribution in [0.15, 0.2) is 27.8 Å². The van der Waals surface area contributed by atoms with Crippen molar-refractivity contribution in [2.24, 2.45) is 0 Å². The first-order valence-electron chi connectivity index (χ1n) is 6.15. The SMILES string of the molecule is CCNC(CC)c1ccc2[nH]c(=O)c(=O)[nH]c2c1. The number of nitrogens with one attached hydrogen (secondary N) is 3. The van der Waals surface area contributed by atoms with Gasteiger partial charge in [0.05, 0.1) is 11.0 Å². The third-order valence-corrected chi connectivity index (χ3v) is 3.01. The predicted octanol–water partition coefficient (Wildman–Crippen LogP) is 1.28. The van der Waals surface area contributed by atoms with E-state index in [1.807, 2.05) is 18.2 Å². The zero-order valence-corrected chi connectivity index (χ0v) is 10.5. The second kappa shape index (κ2) is 5.18. The molecule has 0 fully saturated rings. The summed E-state index contributed by atoms with van der Waals surface area (Å²) in [5.41, 5.74) is 1.18. The van der Waals surface area contributed by atoms with Crippen molar-refractivity contribution in [3.05, 3.63) is 44.5 Å². The summed E-state index contributed by atoms with van der Waals surface area (Å²) in [6, 6.07) is 5.95. The lowest BCUT2D eigenvalue weighted by molar-refractivity contribution is 0.538. The van der Waals surface area contributed by atoms with E-state index in [1.165, 1.54) is 0 Å². The van der Waals surface area contributed by atoms with Gasteiger partial charge in [0.25, 0.3) is 0 Å². The van der Waals surface area contributed by atoms with Gasteiger partial charge < -0.3 is 15.3 Å². The molecule has 18 heavy (non-hydrogen) atoms. The third-order valence-electron chi connectivity index (χ3n) is 3.01. The number of benzene rings is 1. The van der Waals surface area contributed by atoms with Crippen molar-refractivity contribution < 1.29 is 0 Å². The summed E-state index contributed by atoms with van der Waals surface area (Å²) in [4.78, 5) is 27.6. The van der Waals surface area contributed by atoms with Gasteiger partial charge in [-0.3, -0.25) is 9.59 Å². The normalized spacial score (nSPS) is 12.8. The minimum absolute atomic E-state index is 0.259. The maximum atomic E-state index is 11.3. The van der Waals surface area contributed by atoms with Crippen molar-refractivity contribution >= 4 is 11.0 Å². The lowest BCUT2D eigenvalue weighted by Crippen LogP contribution is -2.29. The molecule has 2 rings (SSSR count). The first kappa shape index (κ1) is 12.6. The van der Waals surface area contributed by atoms with Gasteiger partial charge in [-0.25, -0.2) is 0 Å². The molecule has 0 spiro atoms. The minimum Gasteiger partial charge on any atom is -0.316 e. The van der Waals surface area contributed by atoms with Crippen molar-refractivity contribution in [3.8, 4) is 0 Å². The van der Waals surface area contributed by atoms with E-state index in [1.54, 1.807) is 0 Å². The number of rotatable bonds is 4. The topological polar surface area (TPSA) is 77.8 Å². The Hall–Kier alpha value is -1.88. The monoisotopic (exact) mass is 247 g/mol. The number of aromatic nitrogens is 2. The molecule has 3 N–H and O–H groups in total. The number of H-pyrrole nitrogens is 2. The molecule has 0 aliphatic rings. The van der Waals surface area contributed by atoms with Crippen LogP contribution in [0.25, 0.3) is 11.0 Å². The van der Waals surface area contributed by atoms with Gasteiger partial charge in [-0.2, -0.15) is 0 Å². The van der Waals surface area contributed by atoms with Crippen molar-refractivity contribution in [1.82, 2.24) is 15.3 Å². The van der Waals surface area contributed by atoms with Gasteiger partial charge in [0.15, 0.2) is 0 Å². The summed E-state index contributed by atoms with van der Waals surface area (Å²) in [6.45, 7) is 5.05. The van der Waals surface area contributed by atoms with Crippen molar-refractivity contribution in [2.45, 2.75) is 26.3 Å². The summed E-state index contributed by atoms with van der Waals surface area (Å²) < 4.78 is 0. The van der Waals surface area contributed by atoms with Crippen molar-refractivity contribution in [1.29, 1.82) is 0 Å². The maximum absolute atomic E-state index is 11.3. The molecular weight excluding hydrogens is 230 g/mol. The summed E-state index contributed by atoms with van der Waals surface area (Å²) in [5, 5.41) is 3.38. The molecule has 0 saturated heterocycles. The number of fused-ring (bicyclic) bond motifs is 1. The van der Waals surface area contributed by atoms with E-state index in [9.17, 15) is 9.59 Å². The molecule has 0 amide bonds. The zero-order valence-electron chi connectivity index (χ0n) is 10.5. The van der Waals surface area contributed by atoms with Crippen LogP contribution in [-0.4, -0.2) is 16.5 Å². The highest BCUT2D eigenvalue weighted by atomic mass is 16.2. The summed E-state index contributed by atoms with van der Waals surface area (Å²) in [5.74, 6) is 0. The van der Waals surface area contributed by atoms with E-state index in [4.69, 9.17) is 0 Å². The lowest BCUT2D eigenvalue weighted by Gasteiger charge is -2.16. The van der Waals surface area contributed by atoms with Gasteiger partial charge in [-0.1, -0.05) is 19.9 Å². The van der Waals surface area contributed by atoms with Gasteiger partial charge in [0, 0.05) is 6.04 Å². The van der Waals surface area contributed by atoms with E-state index in [2.05, 4.69) is 29.1 Å². The molecule has 0 aliphatic heterocycles. The molecular formula is C13H17N3O2. The quantitative estimate of drug-likeness (QED) is 0.712. The highest BCUT2D eigenvalue weighted by molar-refractivity contribution is 5.74. The molecule has 0 bridgehead atoms. The highest BCUT2D eigenvalue weighted by Gasteiger charge is 2.09. The molecule has 5 heteroatoms. The first-order valence-corrected chi connectivity index (χ1v) is 6.15. The van der Waals surface area contributed by atoms with E-state index < -0.39 is 11.1 Å². The lowest BCUT2D eigenvalue weighted by atomic mass is 10.0. The molecule has 0 radical (unpaired) electrons. The van der Waals surface area contributed by atoms with Crippen LogP contribution in [0, 0.1) is 0 Å². The zero-order chi connectivity index (χ0) is 13.1. The van der Waals surface area contributed by atoms with E-state index in [0.29, 0.717) is 11.0 Å². The van der Waals surface area contributed by atoms with E-state index in [-0.39, 0.29) is 6.04 Å². The van der Waals surface area contributed by atoms with Gasteiger partial charge in [-0.05, 0) is 30.7 Å².